The molecule has 0 saturated carbocycles. The zero-order valence-corrected chi connectivity index (χ0v) is 8.72. The van der Waals surface area contributed by atoms with Gasteiger partial charge >= 0.3 is 0 Å². The highest BCUT2D eigenvalue weighted by Gasteiger charge is 2.10. The van der Waals surface area contributed by atoms with Crippen LogP contribution in [0.15, 0.2) is 42.7 Å². The molecule has 0 fully saturated rings. The first kappa shape index (κ1) is 10.1. The Balaban J connectivity index is 2.29. The highest BCUT2D eigenvalue weighted by Crippen LogP contribution is 2.17. The van der Waals surface area contributed by atoms with Crippen LogP contribution < -0.4 is 5.73 Å². The van der Waals surface area contributed by atoms with Crippen LogP contribution in [0, 0.1) is 0 Å². The molecule has 2 aromatic rings. The molecule has 0 aliphatic carbocycles. The molecule has 15 heavy (non-hydrogen) atoms. The van der Waals surface area contributed by atoms with E-state index in [9.17, 15) is 0 Å². The number of benzene rings is 1. The molecule has 1 aromatic heterocycles. The van der Waals surface area contributed by atoms with Crippen LogP contribution in [0.2, 0.25) is 5.02 Å². The summed E-state index contributed by atoms with van der Waals surface area (Å²) in [6.45, 7) is 0. The van der Waals surface area contributed by atoms with E-state index in [1.54, 1.807) is 30.6 Å². The van der Waals surface area contributed by atoms with Crippen LogP contribution >= 0.6 is 11.6 Å². The van der Waals surface area contributed by atoms with Gasteiger partial charge < -0.3 is 5.73 Å². The fourth-order valence-corrected chi connectivity index (χ4v) is 1.42. The molecule has 0 spiro atoms. The molecule has 76 valence electrons. The first-order valence-electron chi connectivity index (χ1n) is 4.55. The lowest BCUT2D eigenvalue weighted by Gasteiger charge is -2.09. The van der Waals surface area contributed by atoms with Crippen LogP contribution in [0.25, 0.3) is 0 Å². The normalized spacial score (nSPS) is 12.4. The minimum absolute atomic E-state index is 0.302. The molecular formula is C11H10ClN3. The van der Waals surface area contributed by atoms with Crippen molar-refractivity contribution >= 4 is 11.6 Å². The minimum Gasteiger partial charge on any atom is -0.318 e. The second-order valence-corrected chi connectivity index (χ2v) is 3.57. The van der Waals surface area contributed by atoms with Gasteiger partial charge in [-0.1, -0.05) is 23.7 Å². The van der Waals surface area contributed by atoms with E-state index in [1.807, 2.05) is 12.1 Å². The number of nitrogens with zero attached hydrogens (tertiary/aromatic N) is 2. The van der Waals surface area contributed by atoms with Gasteiger partial charge in [-0.2, -0.15) is 0 Å². The van der Waals surface area contributed by atoms with Gasteiger partial charge in [0.05, 0.1) is 6.04 Å². The molecule has 0 radical (unpaired) electrons. The molecule has 0 aliphatic rings. The monoisotopic (exact) mass is 219 g/mol. The van der Waals surface area contributed by atoms with Crippen LogP contribution in [-0.4, -0.2) is 9.97 Å². The molecule has 2 rings (SSSR count). The van der Waals surface area contributed by atoms with Gasteiger partial charge in [0.25, 0.3) is 0 Å². The summed E-state index contributed by atoms with van der Waals surface area (Å²) >= 11 is 5.79. The van der Waals surface area contributed by atoms with Crippen LogP contribution in [0.4, 0.5) is 0 Å². The van der Waals surface area contributed by atoms with E-state index in [1.165, 1.54) is 0 Å². The third-order valence-electron chi connectivity index (χ3n) is 2.09. The van der Waals surface area contributed by atoms with Crippen molar-refractivity contribution in [2.75, 3.05) is 0 Å². The van der Waals surface area contributed by atoms with E-state index < -0.39 is 0 Å². The maximum absolute atomic E-state index is 6.00. The molecule has 1 heterocycles. The van der Waals surface area contributed by atoms with Crippen molar-refractivity contribution in [1.82, 2.24) is 9.97 Å². The van der Waals surface area contributed by atoms with Crippen LogP contribution in [-0.2, 0) is 0 Å². The fraction of sp³-hybridized carbons (Fsp3) is 0.0909. The highest BCUT2D eigenvalue weighted by atomic mass is 35.5. The van der Waals surface area contributed by atoms with Crippen LogP contribution in [0.5, 0.6) is 0 Å². The maximum atomic E-state index is 6.00. The molecule has 2 N–H and O–H groups in total. The average Bonchev–Trinajstić information content (AvgIpc) is 2.30. The molecule has 1 aromatic carbocycles. The van der Waals surface area contributed by atoms with E-state index >= 15 is 0 Å². The largest absolute Gasteiger partial charge is 0.318 e. The summed E-state index contributed by atoms with van der Waals surface area (Å²) in [6, 6.07) is 8.83. The van der Waals surface area contributed by atoms with Crippen molar-refractivity contribution < 1.29 is 0 Å². The average molecular weight is 220 g/mol. The van der Waals surface area contributed by atoms with Crippen LogP contribution in [0.1, 0.15) is 17.4 Å². The summed E-state index contributed by atoms with van der Waals surface area (Å²) in [5, 5.41) is 0.694. The van der Waals surface area contributed by atoms with Crippen LogP contribution in [0.3, 0.4) is 0 Å². The number of aromatic nitrogens is 2. The molecule has 0 aliphatic heterocycles. The van der Waals surface area contributed by atoms with E-state index in [2.05, 4.69) is 9.97 Å². The molecule has 3 nitrogen and oxygen atoms in total. The maximum Gasteiger partial charge on any atom is 0.149 e. The number of halogens is 1. The summed E-state index contributed by atoms with van der Waals surface area (Å²) in [5.74, 6) is 0.611. The number of hydrogen-bond donors (Lipinski definition) is 1. The second-order valence-electron chi connectivity index (χ2n) is 3.14. The summed E-state index contributed by atoms with van der Waals surface area (Å²) in [7, 11) is 0. The van der Waals surface area contributed by atoms with Gasteiger partial charge in [-0.05, 0) is 23.8 Å². The van der Waals surface area contributed by atoms with E-state index in [-0.39, 0.29) is 6.04 Å². The Morgan fingerprint density at radius 3 is 2.27 bits per heavy atom. The Bertz CT molecular complexity index is 427. The standard InChI is InChI=1S/C11H10ClN3/c12-9-4-2-8(3-5-9)10(13)11-14-6-1-7-15-11/h1-7,10H,13H2/t10-/m0/s1. The van der Waals surface area contributed by atoms with Crippen molar-refractivity contribution in [1.29, 1.82) is 0 Å². The summed E-state index contributed by atoms with van der Waals surface area (Å²) in [5.41, 5.74) is 6.95. The predicted molar refractivity (Wildman–Crippen MR) is 59.5 cm³/mol. The Labute approximate surface area is 92.9 Å². The van der Waals surface area contributed by atoms with Gasteiger partial charge in [0.15, 0.2) is 0 Å². The molecule has 0 bridgehead atoms. The van der Waals surface area contributed by atoms with Crippen molar-refractivity contribution in [2.45, 2.75) is 6.04 Å². The molecular weight excluding hydrogens is 210 g/mol. The highest BCUT2D eigenvalue weighted by molar-refractivity contribution is 6.30. The summed E-state index contributed by atoms with van der Waals surface area (Å²) < 4.78 is 0. The lowest BCUT2D eigenvalue weighted by atomic mass is 10.1. The van der Waals surface area contributed by atoms with E-state index in [0.29, 0.717) is 10.8 Å². The van der Waals surface area contributed by atoms with Crippen molar-refractivity contribution in [2.24, 2.45) is 5.73 Å². The SMILES string of the molecule is N[C@@H](c1ccc(Cl)cc1)c1ncccn1. The van der Waals surface area contributed by atoms with Gasteiger partial charge in [0, 0.05) is 17.4 Å². The predicted octanol–water partition coefficient (Wildman–Crippen LogP) is 2.18. The van der Waals surface area contributed by atoms with Gasteiger partial charge in [-0.15, -0.1) is 0 Å². The smallest absolute Gasteiger partial charge is 0.149 e. The number of hydrogen-bond acceptors (Lipinski definition) is 3. The third-order valence-corrected chi connectivity index (χ3v) is 2.35. The first-order valence-corrected chi connectivity index (χ1v) is 4.93. The van der Waals surface area contributed by atoms with Gasteiger partial charge in [-0.3, -0.25) is 0 Å². The number of rotatable bonds is 2. The molecule has 1 atom stereocenters. The number of nitrogens with two attached hydrogens (primary N) is 1. The topological polar surface area (TPSA) is 51.8 Å². The lowest BCUT2D eigenvalue weighted by Crippen LogP contribution is -2.14. The zero-order valence-electron chi connectivity index (χ0n) is 7.97. The quantitative estimate of drug-likeness (QED) is 0.842. The van der Waals surface area contributed by atoms with Gasteiger partial charge in [0.2, 0.25) is 0 Å². The minimum atomic E-state index is -0.302. The van der Waals surface area contributed by atoms with Crippen molar-refractivity contribution in [3.63, 3.8) is 0 Å². The summed E-state index contributed by atoms with van der Waals surface area (Å²) in [4.78, 5) is 8.22. The third kappa shape index (κ3) is 2.32. The van der Waals surface area contributed by atoms with E-state index in [4.69, 9.17) is 17.3 Å². The Morgan fingerprint density at radius 1 is 1.07 bits per heavy atom. The zero-order chi connectivity index (χ0) is 10.7. The van der Waals surface area contributed by atoms with Gasteiger partial charge in [-0.25, -0.2) is 9.97 Å². The van der Waals surface area contributed by atoms with Crippen molar-refractivity contribution in [3.8, 4) is 0 Å². The molecule has 4 heteroatoms. The van der Waals surface area contributed by atoms with E-state index in [0.717, 1.165) is 5.56 Å². The van der Waals surface area contributed by atoms with Crippen molar-refractivity contribution in [3.05, 3.63) is 59.1 Å². The van der Waals surface area contributed by atoms with Gasteiger partial charge in [0.1, 0.15) is 5.82 Å². The molecule has 0 saturated heterocycles. The Kier molecular flexibility index (Phi) is 2.94. The molecule has 0 amide bonds. The summed E-state index contributed by atoms with van der Waals surface area (Å²) in [6.07, 6.45) is 3.36. The fourth-order valence-electron chi connectivity index (χ4n) is 1.29. The lowest BCUT2D eigenvalue weighted by molar-refractivity contribution is 0.780. The Morgan fingerprint density at radius 2 is 1.67 bits per heavy atom. The Hall–Kier alpha value is -1.45. The molecule has 0 unspecified atom stereocenters. The second kappa shape index (κ2) is 4.38. The first-order chi connectivity index (χ1) is 7.27.